The summed E-state index contributed by atoms with van der Waals surface area (Å²) in [6.07, 6.45) is 8.30. The van der Waals surface area contributed by atoms with Gasteiger partial charge < -0.3 is 9.14 Å². The summed E-state index contributed by atoms with van der Waals surface area (Å²) in [7, 11) is 0. The first kappa shape index (κ1) is 16.2. The summed E-state index contributed by atoms with van der Waals surface area (Å²) in [6.45, 7) is 3.50. The first-order chi connectivity index (χ1) is 12.3. The lowest BCUT2D eigenvalue weighted by Gasteiger charge is -2.23. The third-order valence-electron chi connectivity index (χ3n) is 4.64. The van der Waals surface area contributed by atoms with Crippen LogP contribution in [0.3, 0.4) is 0 Å². The van der Waals surface area contributed by atoms with Gasteiger partial charge in [0.15, 0.2) is 0 Å². The molecule has 0 bridgehead atoms. The molecule has 0 spiro atoms. The fourth-order valence-corrected chi connectivity index (χ4v) is 3.43. The molecule has 5 nitrogen and oxygen atoms in total. The van der Waals surface area contributed by atoms with E-state index in [1.807, 2.05) is 24.7 Å². The van der Waals surface area contributed by atoms with E-state index in [4.69, 9.17) is 4.74 Å². The van der Waals surface area contributed by atoms with Gasteiger partial charge in [0, 0.05) is 50.3 Å². The van der Waals surface area contributed by atoms with Gasteiger partial charge in [-0.05, 0) is 30.7 Å². The molecule has 4 heterocycles. The predicted molar refractivity (Wildman–Crippen MR) is 92.7 cm³/mol. The van der Waals surface area contributed by atoms with Gasteiger partial charge in [-0.1, -0.05) is 0 Å². The largest absolute Gasteiger partial charge is 0.380 e. The molecule has 4 rings (SSSR count). The Bertz CT molecular complexity index is 850. The van der Waals surface area contributed by atoms with Crippen molar-refractivity contribution in [3.05, 3.63) is 66.3 Å². The maximum atomic E-state index is 13.9. The minimum Gasteiger partial charge on any atom is -0.380 e. The molecule has 130 valence electrons. The van der Waals surface area contributed by atoms with E-state index in [0.717, 1.165) is 30.7 Å². The fraction of sp³-hybridized carbons (Fsp3) is 0.368. The van der Waals surface area contributed by atoms with Crippen LogP contribution in [-0.4, -0.2) is 45.6 Å². The van der Waals surface area contributed by atoms with Crippen molar-refractivity contribution in [2.75, 3.05) is 26.3 Å². The normalized spacial score (nSPS) is 19.2. The van der Waals surface area contributed by atoms with E-state index in [1.165, 1.54) is 6.07 Å². The number of halogens is 1. The smallest absolute Gasteiger partial charge is 0.146 e. The van der Waals surface area contributed by atoms with Crippen LogP contribution >= 0.6 is 0 Å². The summed E-state index contributed by atoms with van der Waals surface area (Å²) < 4.78 is 21.8. The second kappa shape index (κ2) is 7.29. The second-order valence-corrected chi connectivity index (χ2v) is 6.49. The monoisotopic (exact) mass is 340 g/mol. The van der Waals surface area contributed by atoms with E-state index >= 15 is 0 Å². The highest BCUT2D eigenvalue weighted by atomic mass is 19.1. The minimum absolute atomic E-state index is 0.246. The van der Waals surface area contributed by atoms with E-state index < -0.39 is 0 Å². The molecule has 0 amide bonds. The van der Waals surface area contributed by atoms with Crippen LogP contribution in [0, 0.1) is 11.7 Å². The van der Waals surface area contributed by atoms with Gasteiger partial charge in [0.1, 0.15) is 5.82 Å². The molecule has 1 fully saturated rings. The number of aromatic nitrogens is 3. The summed E-state index contributed by atoms with van der Waals surface area (Å²) in [5, 5.41) is 0. The molecule has 0 N–H and O–H groups in total. The lowest BCUT2D eigenvalue weighted by atomic mass is 10.0. The van der Waals surface area contributed by atoms with Crippen molar-refractivity contribution in [1.82, 2.24) is 19.3 Å². The topological polar surface area (TPSA) is 42.7 Å². The summed E-state index contributed by atoms with van der Waals surface area (Å²) in [5.74, 6) is 0.0757. The number of ether oxygens (including phenoxy) is 1. The first-order valence-corrected chi connectivity index (χ1v) is 8.59. The molecule has 0 radical (unpaired) electrons. The third-order valence-corrected chi connectivity index (χ3v) is 4.64. The summed E-state index contributed by atoms with van der Waals surface area (Å²) >= 11 is 0. The molecule has 1 unspecified atom stereocenters. The van der Waals surface area contributed by atoms with Gasteiger partial charge in [0.05, 0.1) is 30.1 Å². The summed E-state index contributed by atoms with van der Waals surface area (Å²) in [6, 6.07) is 7.20. The molecule has 0 aromatic carbocycles. The number of hydrogen-bond donors (Lipinski definition) is 0. The molecule has 0 aliphatic carbocycles. The highest BCUT2D eigenvalue weighted by Gasteiger charge is 2.21. The lowest BCUT2D eigenvalue weighted by Crippen LogP contribution is -2.31. The Morgan fingerprint density at radius 3 is 2.96 bits per heavy atom. The molecule has 3 aromatic heterocycles. The van der Waals surface area contributed by atoms with Crippen molar-refractivity contribution in [2.45, 2.75) is 13.0 Å². The van der Waals surface area contributed by atoms with E-state index in [1.54, 1.807) is 12.3 Å². The minimum atomic E-state index is -0.246. The summed E-state index contributed by atoms with van der Waals surface area (Å²) in [4.78, 5) is 11.0. The molecule has 1 atom stereocenters. The zero-order valence-electron chi connectivity index (χ0n) is 14.0. The SMILES string of the molecule is Fc1cccnc1CN1CCOCC(Cc2nccn3cccc23)C1. The van der Waals surface area contributed by atoms with Gasteiger partial charge in [-0.3, -0.25) is 14.9 Å². The molecule has 1 saturated heterocycles. The first-order valence-electron chi connectivity index (χ1n) is 8.59. The summed E-state index contributed by atoms with van der Waals surface area (Å²) in [5.41, 5.74) is 2.70. The van der Waals surface area contributed by atoms with Crippen LogP contribution in [0.2, 0.25) is 0 Å². The van der Waals surface area contributed by atoms with Crippen molar-refractivity contribution in [3.8, 4) is 0 Å². The predicted octanol–water partition coefficient (Wildman–Crippen LogP) is 2.56. The lowest BCUT2D eigenvalue weighted by molar-refractivity contribution is 0.121. The standard InChI is InChI=1S/C19H21FN4O/c20-16-3-1-5-21-18(16)13-23-9-10-25-14-15(12-23)11-17-19-4-2-7-24(19)8-6-22-17/h1-8,15H,9-14H2. The number of nitrogens with zero attached hydrogens (tertiary/aromatic N) is 4. The molecule has 25 heavy (non-hydrogen) atoms. The van der Waals surface area contributed by atoms with Crippen LogP contribution in [0.1, 0.15) is 11.4 Å². The number of pyridine rings is 1. The number of rotatable bonds is 4. The van der Waals surface area contributed by atoms with E-state index in [-0.39, 0.29) is 5.82 Å². The third kappa shape index (κ3) is 3.70. The molecular formula is C19H21FN4O. The molecule has 1 aliphatic rings. The molecule has 3 aromatic rings. The van der Waals surface area contributed by atoms with Crippen LogP contribution < -0.4 is 0 Å². The van der Waals surface area contributed by atoms with Crippen LogP contribution in [-0.2, 0) is 17.7 Å². The molecule has 0 saturated carbocycles. The van der Waals surface area contributed by atoms with Crippen molar-refractivity contribution < 1.29 is 9.13 Å². The molecule has 1 aliphatic heterocycles. The highest BCUT2D eigenvalue weighted by Crippen LogP contribution is 2.18. The van der Waals surface area contributed by atoms with Gasteiger partial charge in [0.25, 0.3) is 0 Å². The van der Waals surface area contributed by atoms with Crippen LogP contribution in [0.4, 0.5) is 4.39 Å². The van der Waals surface area contributed by atoms with Gasteiger partial charge in [-0.15, -0.1) is 0 Å². The van der Waals surface area contributed by atoms with Gasteiger partial charge in [-0.25, -0.2) is 4.39 Å². The zero-order valence-corrected chi connectivity index (χ0v) is 14.0. The van der Waals surface area contributed by atoms with Crippen LogP contribution in [0.5, 0.6) is 0 Å². The second-order valence-electron chi connectivity index (χ2n) is 6.49. The molecule has 6 heteroatoms. The average Bonchev–Trinajstić information content (AvgIpc) is 3.00. The van der Waals surface area contributed by atoms with Crippen molar-refractivity contribution in [1.29, 1.82) is 0 Å². The van der Waals surface area contributed by atoms with E-state index in [2.05, 4.69) is 25.3 Å². The van der Waals surface area contributed by atoms with E-state index in [0.29, 0.717) is 31.4 Å². The van der Waals surface area contributed by atoms with Gasteiger partial charge in [-0.2, -0.15) is 0 Å². The Balaban J connectivity index is 1.48. The molecular weight excluding hydrogens is 319 g/mol. The maximum Gasteiger partial charge on any atom is 0.146 e. The van der Waals surface area contributed by atoms with Crippen LogP contribution in [0.25, 0.3) is 5.52 Å². The Labute approximate surface area is 146 Å². The highest BCUT2D eigenvalue weighted by molar-refractivity contribution is 5.52. The zero-order chi connectivity index (χ0) is 17.1. The van der Waals surface area contributed by atoms with Gasteiger partial charge >= 0.3 is 0 Å². The average molecular weight is 340 g/mol. The number of hydrogen-bond acceptors (Lipinski definition) is 4. The van der Waals surface area contributed by atoms with Crippen molar-refractivity contribution >= 4 is 5.52 Å². The Morgan fingerprint density at radius 1 is 1.12 bits per heavy atom. The fourth-order valence-electron chi connectivity index (χ4n) is 3.43. The maximum absolute atomic E-state index is 13.9. The Morgan fingerprint density at radius 2 is 2.04 bits per heavy atom. The van der Waals surface area contributed by atoms with Gasteiger partial charge in [0.2, 0.25) is 0 Å². The Hall–Kier alpha value is -2.31. The number of fused-ring (bicyclic) bond motifs is 1. The quantitative estimate of drug-likeness (QED) is 0.732. The van der Waals surface area contributed by atoms with E-state index in [9.17, 15) is 4.39 Å². The van der Waals surface area contributed by atoms with Crippen molar-refractivity contribution in [3.63, 3.8) is 0 Å². The van der Waals surface area contributed by atoms with Crippen LogP contribution in [0.15, 0.2) is 49.1 Å². The Kier molecular flexibility index (Phi) is 4.72. The van der Waals surface area contributed by atoms with Crippen molar-refractivity contribution in [2.24, 2.45) is 5.92 Å².